The molecule has 16 heavy (non-hydrogen) atoms. The molecule has 0 radical (unpaired) electrons. The predicted molar refractivity (Wildman–Crippen MR) is 37.9 cm³/mol. The molecule has 4 atom stereocenters. The molecule has 0 spiro atoms. The van der Waals surface area contributed by atoms with Crippen LogP contribution < -0.4 is 11.5 Å². The number of hydrogen-bond acceptors (Lipinski definition) is 2. The molecule has 0 aliphatic heterocycles. The Bertz CT molecular complexity index is 227. The van der Waals surface area contributed by atoms with Crippen molar-refractivity contribution in [2.24, 2.45) is 11.5 Å². The molecule has 98 valence electrons. The van der Waals surface area contributed by atoms with Crippen LogP contribution in [0.4, 0.5) is 35.1 Å². The van der Waals surface area contributed by atoms with E-state index in [0.29, 0.717) is 0 Å². The molecule has 0 aliphatic carbocycles. The third-order valence-electron chi connectivity index (χ3n) is 1.81. The molecule has 0 aliphatic rings. The highest BCUT2D eigenvalue weighted by molar-refractivity contribution is 4.98. The summed E-state index contributed by atoms with van der Waals surface area (Å²) in [4.78, 5) is 0. The molecule has 0 saturated carbocycles. The van der Waals surface area contributed by atoms with Crippen LogP contribution in [0, 0.1) is 0 Å². The fraction of sp³-hybridized carbons (Fsp3) is 1.00. The van der Waals surface area contributed by atoms with Crippen molar-refractivity contribution in [2.45, 2.75) is 36.8 Å². The molecule has 0 aromatic rings. The molecule has 2 nitrogen and oxygen atoms in total. The Kier molecular flexibility index (Phi) is 4.51. The van der Waals surface area contributed by atoms with Gasteiger partial charge in [-0.15, -0.1) is 0 Å². The van der Waals surface area contributed by atoms with Crippen molar-refractivity contribution in [3.63, 3.8) is 0 Å². The number of rotatable bonds is 4. The van der Waals surface area contributed by atoms with E-state index in [4.69, 9.17) is 0 Å². The standard InChI is InChI=1S/C6H8F8N2/c7-1(2(8)4(9)10)3(15)5(11,16)6(12,13)14/h1-4H,15-16H2. The fourth-order valence-electron chi connectivity index (χ4n) is 0.758. The topological polar surface area (TPSA) is 52.0 Å². The number of hydrogen-bond donors (Lipinski definition) is 2. The summed E-state index contributed by atoms with van der Waals surface area (Å²) in [5.74, 6) is -4.79. The summed E-state index contributed by atoms with van der Waals surface area (Å²) in [6.07, 6.45) is -16.9. The first-order valence-electron chi connectivity index (χ1n) is 3.79. The number of alkyl halides is 8. The van der Waals surface area contributed by atoms with Gasteiger partial charge in [-0.1, -0.05) is 0 Å². The molecule has 0 fully saturated rings. The highest BCUT2D eigenvalue weighted by atomic mass is 19.4. The second kappa shape index (κ2) is 4.70. The van der Waals surface area contributed by atoms with E-state index in [9.17, 15) is 35.1 Å². The van der Waals surface area contributed by atoms with Gasteiger partial charge in [0.25, 0.3) is 12.2 Å². The Balaban J connectivity index is 4.86. The second-order valence-electron chi connectivity index (χ2n) is 3.01. The minimum Gasteiger partial charge on any atom is -0.321 e. The highest BCUT2D eigenvalue weighted by Gasteiger charge is 2.61. The van der Waals surface area contributed by atoms with Gasteiger partial charge in [0, 0.05) is 0 Å². The molecule has 0 heterocycles. The summed E-state index contributed by atoms with van der Waals surface area (Å²) in [7, 11) is 0. The minimum absolute atomic E-state index is 3.28. The lowest BCUT2D eigenvalue weighted by molar-refractivity contribution is -0.243. The first-order chi connectivity index (χ1) is 6.93. The summed E-state index contributed by atoms with van der Waals surface area (Å²) in [5, 5.41) is 0. The van der Waals surface area contributed by atoms with Gasteiger partial charge in [0.05, 0.1) is 6.04 Å². The van der Waals surface area contributed by atoms with Crippen LogP contribution in [-0.2, 0) is 0 Å². The van der Waals surface area contributed by atoms with Crippen LogP contribution in [0.5, 0.6) is 0 Å². The molecule has 0 aromatic heterocycles. The first kappa shape index (κ1) is 15.4. The van der Waals surface area contributed by atoms with Crippen molar-refractivity contribution in [3.05, 3.63) is 0 Å². The van der Waals surface area contributed by atoms with Crippen molar-refractivity contribution < 1.29 is 35.1 Å². The van der Waals surface area contributed by atoms with Gasteiger partial charge in [0.2, 0.25) is 0 Å². The van der Waals surface area contributed by atoms with E-state index in [2.05, 4.69) is 11.5 Å². The Labute approximate surface area is 84.6 Å². The fourth-order valence-corrected chi connectivity index (χ4v) is 0.758. The maximum atomic E-state index is 12.7. The van der Waals surface area contributed by atoms with Crippen LogP contribution in [0.2, 0.25) is 0 Å². The zero-order chi connectivity index (χ0) is 13.3. The van der Waals surface area contributed by atoms with Crippen LogP contribution in [0.25, 0.3) is 0 Å². The number of nitrogens with two attached hydrogens (primary N) is 2. The Morgan fingerprint density at radius 3 is 1.44 bits per heavy atom. The Morgan fingerprint density at radius 1 is 0.812 bits per heavy atom. The van der Waals surface area contributed by atoms with Gasteiger partial charge in [-0.25, -0.2) is 22.0 Å². The van der Waals surface area contributed by atoms with Crippen LogP contribution in [-0.4, -0.2) is 36.8 Å². The molecular formula is C6H8F8N2. The van der Waals surface area contributed by atoms with E-state index in [1.165, 1.54) is 0 Å². The van der Waals surface area contributed by atoms with Gasteiger partial charge in [-0.05, 0) is 0 Å². The molecule has 0 rings (SSSR count). The summed E-state index contributed by atoms with van der Waals surface area (Å²) in [5.41, 5.74) is 8.36. The van der Waals surface area contributed by atoms with Crippen LogP contribution in [0.15, 0.2) is 0 Å². The van der Waals surface area contributed by atoms with Gasteiger partial charge in [0.15, 0.2) is 12.3 Å². The van der Waals surface area contributed by atoms with Crippen molar-refractivity contribution in [1.82, 2.24) is 0 Å². The highest BCUT2D eigenvalue weighted by Crippen LogP contribution is 2.34. The smallest absolute Gasteiger partial charge is 0.321 e. The second-order valence-corrected chi connectivity index (χ2v) is 3.01. The van der Waals surface area contributed by atoms with Crippen molar-refractivity contribution in [3.8, 4) is 0 Å². The van der Waals surface area contributed by atoms with Gasteiger partial charge in [-0.2, -0.15) is 13.2 Å². The van der Waals surface area contributed by atoms with Gasteiger partial charge >= 0.3 is 6.18 Å². The molecule has 0 saturated heterocycles. The van der Waals surface area contributed by atoms with Crippen LogP contribution in [0.3, 0.4) is 0 Å². The van der Waals surface area contributed by atoms with Crippen molar-refractivity contribution in [1.29, 1.82) is 0 Å². The normalized spacial score (nSPS) is 22.7. The van der Waals surface area contributed by atoms with E-state index in [0.717, 1.165) is 0 Å². The largest absolute Gasteiger partial charge is 0.437 e. The third kappa shape index (κ3) is 2.94. The van der Waals surface area contributed by atoms with Crippen LogP contribution in [0.1, 0.15) is 0 Å². The lowest BCUT2D eigenvalue weighted by atomic mass is 9.99. The molecule has 4 N–H and O–H groups in total. The van der Waals surface area contributed by atoms with Crippen molar-refractivity contribution >= 4 is 0 Å². The molecule has 10 heteroatoms. The quantitative estimate of drug-likeness (QED) is 0.593. The van der Waals surface area contributed by atoms with Crippen LogP contribution >= 0.6 is 0 Å². The van der Waals surface area contributed by atoms with Gasteiger partial charge in [0.1, 0.15) is 0 Å². The van der Waals surface area contributed by atoms with Crippen molar-refractivity contribution in [2.75, 3.05) is 0 Å². The monoisotopic (exact) mass is 260 g/mol. The van der Waals surface area contributed by atoms with E-state index >= 15 is 0 Å². The number of halogens is 8. The summed E-state index contributed by atoms with van der Waals surface area (Å²) >= 11 is 0. The summed E-state index contributed by atoms with van der Waals surface area (Å²) in [6, 6.07) is -3.28. The maximum absolute atomic E-state index is 12.7. The molecule has 4 unspecified atom stereocenters. The molecule has 0 amide bonds. The first-order valence-corrected chi connectivity index (χ1v) is 3.79. The Hall–Kier alpha value is -0.640. The average molecular weight is 260 g/mol. The molecule has 0 aromatic carbocycles. The van der Waals surface area contributed by atoms with E-state index in [-0.39, 0.29) is 0 Å². The lowest BCUT2D eigenvalue weighted by Gasteiger charge is -2.31. The minimum atomic E-state index is -5.79. The predicted octanol–water partition coefficient (Wildman–Crippen LogP) is 1.44. The zero-order valence-electron chi connectivity index (χ0n) is 7.49. The van der Waals surface area contributed by atoms with E-state index in [1.54, 1.807) is 0 Å². The van der Waals surface area contributed by atoms with Gasteiger partial charge in [-0.3, -0.25) is 5.73 Å². The summed E-state index contributed by atoms with van der Waals surface area (Å²) in [6.45, 7) is 0. The maximum Gasteiger partial charge on any atom is 0.437 e. The Morgan fingerprint density at radius 2 is 1.19 bits per heavy atom. The molecular weight excluding hydrogens is 252 g/mol. The van der Waals surface area contributed by atoms with E-state index in [1.807, 2.05) is 0 Å². The average Bonchev–Trinajstić information content (AvgIpc) is 2.12. The van der Waals surface area contributed by atoms with Gasteiger partial charge < -0.3 is 5.73 Å². The lowest BCUT2D eigenvalue weighted by Crippen LogP contribution is -2.66. The molecule has 0 bridgehead atoms. The SMILES string of the molecule is NC(C(F)C(F)C(F)F)C(N)(F)C(F)(F)F. The third-order valence-corrected chi connectivity index (χ3v) is 1.81. The van der Waals surface area contributed by atoms with E-state index < -0.39 is 36.8 Å². The zero-order valence-corrected chi connectivity index (χ0v) is 7.49. The summed E-state index contributed by atoms with van der Waals surface area (Å²) < 4.78 is 96.5.